The van der Waals surface area contributed by atoms with Crippen LogP contribution in [0.5, 0.6) is 5.75 Å². The molecule has 1 atom stereocenters. The SMILES string of the molecule is CCN(CCOC)c1cccc(OC)c1C(C)O. The summed E-state index contributed by atoms with van der Waals surface area (Å²) in [4.78, 5) is 2.17. The standard InChI is InChI=1S/C14H23NO3/c1-5-15(9-10-17-3)12-7-6-8-13(18-4)14(12)11(2)16/h6-8,11,16H,5,9-10H2,1-4H3. The predicted molar refractivity (Wildman–Crippen MR) is 73.4 cm³/mol. The summed E-state index contributed by atoms with van der Waals surface area (Å²) in [5.41, 5.74) is 1.84. The normalized spacial score (nSPS) is 12.3. The highest BCUT2D eigenvalue weighted by molar-refractivity contribution is 5.60. The molecule has 0 saturated heterocycles. The number of likely N-dealkylation sites (N-methyl/N-ethyl adjacent to an activating group) is 1. The zero-order valence-electron chi connectivity index (χ0n) is 11.6. The number of ether oxygens (including phenoxy) is 2. The van der Waals surface area contributed by atoms with Gasteiger partial charge in [-0.3, -0.25) is 0 Å². The summed E-state index contributed by atoms with van der Waals surface area (Å²) in [5, 5.41) is 9.95. The minimum absolute atomic E-state index is 0.562. The molecule has 0 fully saturated rings. The molecular formula is C14H23NO3. The van der Waals surface area contributed by atoms with Crippen LogP contribution in [0.1, 0.15) is 25.5 Å². The van der Waals surface area contributed by atoms with Gasteiger partial charge in [0.2, 0.25) is 0 Å². The molecule has 0 spiro atoms. The van der Waals surface area contributed by atoms with E-state index in [0.29, 0.717) is 6.61 Å². The van der Waals surface area contributed by atoms with Crippen molar-refractivity contribution in [3.63, 3.8) is 0 Å². The molecular weight excluding hydrogens is 230 g/mol. The fraction of sp³-hybridized carbons (Fsp3) is 0.571. The van der Waals surface area contributed by atoms with Gasteiger partial charge in [-0.05, 0) is 26.0 Å². The van der Waals surface area contributed by atoms with Gasteiger partial charge in [0.1, 0.15) is 5.75 Å². The number of aliphatic hydroxyl groups excluding tert-OH is 1. The molecule has 0 bridgehead atoms. The Morgan fingerprint density at radius 2 is 2.06 bits per heavy atom. The van der Waals surface area contributed by atoms with Crippen molar-refractivity contribution in [1.82, 2.24) is 0 Å². The monoisotopic (exact) mass is 253 g/mol. The van der Waals surface area contributed by atoms with Crippen LogP contribution in [-0.4, -0.2) is 39.0 Å². The number of hydrogen-bond acceptors (Lipinski definition) is 4. The van der Waals surface area contributed by atoms with E-state index in [0.717, 1.165) is 30.1 Å². The lowest BCUT2D eigenvalue weighted by Crippen LogP contribution is -2.28. The molecule has 1 N–H and O–H groups in total. The number of methoxy groups -OCH3 is 2. The van der Waals surface area contributed by atoms with Crippen molar-refractivity contribution in [3.8, 4) is 5.75 Å². The average Bonchev–Trinajstić information content (AvgIpc) is 2.38. The zero-order valence-corrected chi connectivity index (χ0v) is 11.6. The molecule has 0 aromatic heterocycles. The smallest absolute Gasteiger partial charge is 0.126 e. The van der Waals surface area contributed by atoms with E-state index < -0.39 is 6.10 Å². The molecule has 0 radical (unpaired) electrons. The molecule has 1 aromatic carbocycles. The largest absolute Gasteiger partial charge is 0.496 e. The first-order valence-corrected chi connectivity index (χ1v) is 6.24. The lowest BCUT2D eigenvalue weighted by Gasteiger charge is -2.27. The van der Waals surface area contributed by atoms with E-state index in [-0.39, 0.29) is 0 Å². The van der Waals surface area contributed by atoms with Crippen molar-refractivity contribution in [1.29, 1.82) is 0 Å². The minimum Gasteiger partial charge on any atom is -0.496 e. The van der Waals surface area contributed by atoms with Gasteiger partial charge in [-0.25, -0.2) is 0 Å². The third-order valence-electron chi connectivity index (χ3n) is 2.97. The molecule has 0 heterocycles. The van der Waals surface area contributed by atoms with Gasteiger partial charge in [0.25, 0.3) is 0 Å². The van der Waals surface area contributed by atoms with Crippen molar-refractivity contribution in [2.75, 3.05) is 38.8 Å². The molecule has 0 saturated carbocycles. The van der Waals surface area contributed by atoms with Gasteiger partial charge < -0.3 is 19.5 Å². The first kappa shape index (κ1) is 14.8. The molecule has 0 aliphatic carbocycles. The first-order chi connectivity index (χ1) is 8.65. The van der Waals surface area contributed by atoms with Crippen LogP contribution in [0, 0.1) is 0 Å². The molecule has 1 aromatic rings. The zero-order chi connectivity index (χ0) is 13.5. The number of hydrogen-bond donors (Lipinski definition) is 1. The average molecular weight is 253 g/mol. The van der Waals surface area contributed by atoms with E-state index in [1.807, 2.05) is 18.2 Å². The molecule has 4 nitrogen and oxygen atoms in total. The number of benzene rings is 1. The topological polar surface area (TPSA) is 41.9 Å². The highest BCUT2D eigenvalue weighted by Gasteiger charge is 2.17. The third kappa shape index (κ3) is 3.37. The van der Waals surface area contributed by atoms with E-state index >= 15 is 0 Å². The molecule has 0 amide bonds. The Balaban J connectivity index is 3.12. The summed E-state index contributed by atoms with van der Waals surface area (Å²) in [6.45, 7) is 6.15. The van der Waals surface area contributed by atoms with E-state index in [4.69, 9.17) is 9.47 Å². The van der Waals surface area contributed by atoms with E-state index in [1.165, 1.54) is 0 Å². The van der Waals surface area contributed by atoms with Gasteiger partial charge in [-0.2, -0.15) is 0 Å². The number of nitrogens with zero attached hydrogens (tertiary/aromatic N) is 1. The van der Waals surface area contributed by atoms with Crippen LogP contribution >= 0.6 is 0 Å². The third-order valence-corrected chi connectivity index (χ3v) is 2.97. The summed E-state index contributed by atoms with van der Waals surface area (Å²) in [6, 6.07) is 5.81. The van der Waals surface area contributed by atoms with Gasteiger partial charge in [-0.15, -0.1) is 0 Å². The molecule has 1 rings (SSSR count). The van der Waals surface area contributed by atoms with Crippen LogP contribution < -0.4 is 9.64 Å². The highest BCUT2D eigenvalue weighted by Crippen LogP contribution is 2.34. The van der Waals surface area contributed by atoms with E-state index in [2.05, 4.69) is 11.8 Å². The second kappa shape index (κ2) is 7.24. The van der Waals surface area contributed by atoms with Crippen LogP contribution in [0.25, 0.3) is 0 Å². The Morgan fingerprint density at radius 3 is 2.56 bits per heavy atom. The van der Waals surface area contributed by atoms with Crippen LogP contribution in [-0.2, 0) is 4.74 Å². The second-order valence-corrected chi connectivity index (χ2v) is 4.14. The highest BCUT2D eigenvalue weighted by atomic mass is 16.5. The Kier molecular flexibility index (Phi) is 5.95. The molecule has 18 heavy (non-hydrogen) atoms. The maximum Gasteiger partial charge on any atom is 0.126 e. The molecule has 0 aliphatic heterocycles. The summed E-state index contributed by atoms with van der Waals surface area (Å²) in [6.07, 6.45) is -0.562. The van der Waals surface area contributed by atoms with Gasteiger partial charge in [0, 0.05) is 31.5 Å². The van der Waals surface area contributed by atoms with Crippen molar-refractivity contribution < 1.29 is 14.6 Å². The summed E-state index contributed by atoms with van der Waals surface area (Å²) < 4.78 is 10.4. The van der Waals surface area contributed by atoms with Gasteiger partial charge in [-0.1, -0.05) is 6.07 Å². The summed E-state index contributed by atoms with van der Waals surface area (Å²) in [5.74, 6) is 0.721. The number of aliphatic hydroxyl groups is 1. The molecule has 4 heteroatoms. The van der Waals surface area contributed by atoms with Gasteiger partial charge in [0.05, 0.1) is 19.8 Å². The Labute approximate surface area is 109 Å². The fourth-order valence-corrected chi connectivity index (χ4v) is 2.06. The molecule has 0 aliphatic rings. The van der Waals surface area contributed by atoms with Crippen molar-refractivity contribution in [2.24, 2.45) is 0 Å². The van der Waals surface area contributed by atoms with E-state index in [1.54, 1.807) is 21.1 Å². The quantitative estimate of drug-likeness (QED) is 0.809. The summed E-state index contributed by atoms with van der Waals surface area (Å²) >= 11 is 0. The van der Waals surface area contributed by atoms with Gasteiger partial charge >= 0.3 is 0 Å². The maximum atomic E-state index is 9.95. The Hall–Kier alpha value is -1.26. The van der Waals surface area contributed by atoms with Crippen LogP contribution in [0.15, 0.2) is 18.2 Å². The van der Waals surface area contributed by atoms with Crippen molar-refractivity contribution >= 4 is 5.69 Å². The second-order valence-electron chi connectivity index (χ2n) is 4.14. The van der Waals surface area contributed by atoms with Gasteiger partial charge in [0.15, 0.2) is 0 Å². The fourth-order valence-electron chi connectivity index (χ4n) is 2.06. The van der Waals surface area contributed by atoms with Crippen LogP contribution in [0.4, 0.5) is 5.69 Å². The van der Waals surface area contributed by atoms with Crippen molar-refractivity contribution in [3.05, 3.63) is 23.8 Å². The first-order valence-electron chi connectivity index (χ1n) is 6.24. The van der Waals surface area contributed by atoms with Crippen LogP contribution in [0.2, 0.25) is 0 Å². The van der Waals surface area contributed by atoms with Crippen LogP contribution in [0.3, 0.4) is 0 Å². The number of anilines is 1. The lowest BCUT2D eigenvalue weighted by atomic mass is 10.1. The predicted octanol–water partition coefficient (Wildman–Crippen LogP) is 2.22. The molecule has 1 unspecified atom stereocenters. The Morgan fingerprint density at radius 1 is 1.33 bits per heavy atom. The van der Waals surface area contributed by atoms with E-state index in [9.17, 15) is 5.11 Å². The minimum atomic E-state index is -0.562. The molecule has 102 valence electrons. The van der Waals surface area contributed by atoms with Crippen molar-refractivity contribution in [2.45, 2.75) is 20.0 Å². The number of rotatable bonds is 7. The maximum absolute atomic E-state index is 9.95. The summed E-state index contributed by atoms with van der Waals surface area (Å²) in [7, 11) is 3.31. The lowest BCUT2D eigenvalue weighted by molar-refractivity contribution is 0.193. The Bertz CT molecular complexity index is 366.